The fourth-order valence-electron chi connectivity index (χ4n) is 2.80. The summed E-state index contributed by atoms with van der Waals surface area (Å²) in [6.07, 6.45) is 3.05. The number of aldehydes is 1. The number of hydrogen-bond acceptors (Lipinski definition) is 3. The minimum Gasteiger partial charge on any atom is -0.367 e. The van der Waals surface area contributed by atoms with Crippen molar-refractivity contribution in [3.63, 3.8) is 0 Å². The van der Waals surface area contributed by atoms with Crippen molar-refractivity contribution in [2.45, 2.75) is 25.8 Å². The lowest BCUT2D eigenvalue weighted by Gasteiger charge is -2.33. The molecule has 0 aliphatic carbocycles. The van der Waals surface area contributed by atoms with Crippen LogP contribution in [0.1, 0.15) is 30.1 Å². The summed E-state index contributed by atoms with van der Waals surface area (Å²) in [5.74, 6) is 0. The topological polar surface area (TPSA) is 23.6 Å². The molecule has 1 aliphatic heterocycles. The highest BCUT2D eigenvalue weighted by molar-refractivity contribution is 6.33. The molecule has 4 heteroatoms. The van der Waals surface area contributed by atoms with Crippen molar-refractivity contribution in [2.75, 3.05) is 31.6 Å². The van der Waals surface area contributed by atoms with Crippen LogP contribution in [0.3, 0.4) is 0 Å². The first kappa shape index (κ1) is 14.4. The van der Waals surface area contributed by atoms with E-state index in [1.807, 2.05) is 12.1 Å². The van der Waals surface area contributed by atoms with Gasteiger partial charge in [-0.25, -0.2) is 0 Å². The second-order valence-corrected chi connectivity index (χ2v) is 5.57. The second kappa shape index (κ2) is 6.40. The summed E-state index contributed by atoms with van der Waals surface area (Å²) in [7, 11) is 2.16. The van der Waals surface area contributed by atoms with Crippen LogP contribution in [-0.4, -0.2) is 43.9 Å². The maximum Gasteiger partial charge on any atom is 0.153 e. The Hall–Kier alpha value is -1.06. The number of hydrogen-bond donors (Lipinski definition) is 0. The van der Waals surface area contributed by atoms with E-state index in [0.717, 1.165) is 44.4 Å². The third-order valence-corrected chi connectivity index (χ3v) is 4.16. The van der Waals surface area contributed by atoms with Gasteiger partial charge in [-0.05, 0) is 38.6 Å². The van der Waals surface area contributed by atoms with Gasteiger partial charge < -0.3 is 9.80 Å². The maximum absolute atomic E-state index is 11.3. The molecule has 104 valence electrons. The summed E-state index contributed by atoms with van der Waals surface area (Å²) in [4.78, 5) is 16.0. The third kappa shape index (κ3) is 3.10. The van der Waals surface area contributed by atoms with E-state index in [1.165, 1.54) is 0 Å². The first-order valence-corrected chi connectivity index (χ1v) is 7.24. The molecule has 0 amide bonds. The molecule has 0 aromatic heterocycles. The average molecular weight is 281 g/mol. The fraction of sp³-hybridized carbons (Fsp3) is 0.533. The highest BCUT2D eigenvalue weighted by Gasteiger charge is 2.24. The maximum atomic E-state index is 11.3. The Bertz CT molecular complexity index is 450. The molecule has 1 fully saturated rings. The summed E-state index contributed by atoms with van der Waals surface area (Å²) < 4.78 is 0. The number of carbonyl (C=O) groups excluding carboxylic acids is 1. The molecule has 1 atom stereocenters. The molecule has 3 nitrogen and oxygen atoms in total. The van der Waals surface area contributed by atoms with Crippen LogP contribution in [0.4, 0.5) is 5.69 Å². The first-order valence-electron chi connectivity index (χ1n) is 6.86. The number of halogens is 1. The molecule has 1 aromatic carbocycles. The molecule has 0 saturated carbocycles. The summed E-state index contributed by atoms with van der Waals surface area (Å²) >= 11 is 6.14. The zero-order valence-corrected chi connectivity index (χ0v) is 12.4. The van der Waals surface area contributed by atoms with Gasteiger partial charge in [0.05, 0.1) is 10.6 Å². The Morgan fingerprint density at radius 3 is 2.89 bits per heavy atom. The van der Waals surface area contributed by atoms with Crippen molar-refractivity contribution >= 4 is 23.6 Å². The fourth-order valence-corrected chi connectivity index (χ4v) is 3.02. The Labute approximate surface area is 120 Å². The van der Waals surface area contributed by atoms with Gasteiger partial charge in [0.2, 0.25) is 0 Å². The number of carbonyl (C=O) groups is 1. The lowest BCUT2D eigenvalue weighted by Crippen LogP contribution is -2.40. The van der Waals surface area contributed by atoms with Crippen LogP contribution < -0.4 is 4.90 Å². The minimum atomic E-state index is 0.435. The summed E-state index contributed by atoms with van der Waals surface area (Å²) in [6.45, 7) is 5.30. The monoisotopic (exact) mass is 280 g/mol. The molecule has 0 N–H and O–H groups in total. The molecule has 0 spiro atoms. The molecule has 1 aromatic rings. The van der Waals surface area contributed by atoms with Crippen LogP contribution in [0.25, 0.3) is 0 Å². The minimum absolute atomic E-state index is 0.435. The lowest BCUT2D eigenvalue weighted by atomic mass is 10.1. The molecule has 1 aliphatic rings. The Kier molecular flexibility index (Phi) is 4.83. The van der Waals surface area contributed by atoms with E-state index in [0.29, 0.717) is 16.6 Å². The summed E-state index contributed by atoms with van der Waals surface area (Å²) in [5.41, 5.74) is 1.59. The predicted octanol–water partition coefficient (Wildman–Crippen LogP) is 3.07. The van der Waals surface area contributed by atoms with Crippen molar-refractivity contribution in [2.24, 2.45) is 0 Å². The summed E-state index contributed by atoms with van der Waals surface area (Å²) in [5, 5.41) is 0.542. The average Bonchev–Trinajstić information content (AvgIpc) is 2.59. The van der Waals surface area contributed by atoms with E-state index in [9.17, 15) is 4.79 Å². The van der Waals surface area contributed by atoms with Crippen molar-refractivity contribution in [1.29, 1.82) is 0 Å². The van der Waals surface area contributed by atoms with E-state index in [2.05, 4.69) is 23.8 Å². The Morgan fingerprint density at radius 1 is 1.42 bits per heavy atom. The van der Waals surface area contributed by atoms with Crippen molar-refractivity contribution < 1.29 is 4.79 Å². The molecule has 1 saturated heterocycles. The number of benzene rings is 1. The number of nitrogens with zero attached hydrogens (tertiary/aromatic N) is 2. The van der Waals surface area contributed by atoms with Gasteiger partial charge in [0, 0.05) is 24.8 Å². The molecule has 19 heavy (non-hydrogen) atoms. The number of likely N-dealkylation sites (N-methyl/N-ethyl adjacent to an activating group) is 1. The van der Waals surface area contributed by atoms with Crippen molar-refractivity contribution in [3.8, 4) is 0 Å². The highest BCUT2D eigenvalue weighted by Crippen LogP contribution is 2.29. The van der Waals surface area contributed by atoms with E-state index in [4.69, 9.17) is 11.6 Å². The van der Waals surface area contributed by atoms with E-state index < -0.39 is 0 Å². The molecule has 2 rings (SSSR count). The first-order chi connectivity index (χ1) is 9.17. The van der Waals surface area contributed by atoms with Crippen molar-refractivity contribution in [3.05, 3.63) is 28.8 Å². The SMILES string of the molecule is CCC1CN(C)CCCN1c1cccc(Cl)c1C=O. The van der Waals surface area contributed by atoms with Crippen molar-refractivity contribution in [1.82, 2.24) is 4.90 Å². The molecule has 0 radical (unpaired) electrons. The Balaban J connectivity index is 2.37. The standard InChI is InChI=1S/C15H21ClN2O/c1-3-12-10-17(2)8-5-9-18(12)15-7-4-6-14(16)13(15)11-19/h4,6-7,11-12H,3,5,8-10H2,1-2H3. The van der Waals surface area contributed by atoms with Crippen LogP contribution in [0.15, 0.2) is 18.2 Å². The molecular weight excluding hydrogens is 260 g/mol. The molecular formula is C15H21ClN2O. The van der Waals surface area contributed by atoms with Gasteiger partial charge in [-0.2, -0.15) is 0 Å². The van der Waals surface area contributed by atoms with Gasteiger partial charge in [-0.3, -0.25) is 4.79 Å². The van der Waals surface area contributed by atoms with Crippen LogP contribution >= 0.6 is 11.6 Å². The molecule has 1 heterocycles. The third-order valence-electron chi connectivity index (χ3n) is 3.83. The smallest absolute Gasteiger partial charge is 0.153 e. The normalized spacial score (nSPS) is 21.2. The van der Waals surface area contributed by atoms with Gasteiger partial charge in [-0.1, -0.05) is 24.6 Å². The quantitative estimate of drug-likeness (QED) is 0.795. The zero-order chi connectivity index (χ0) is 13.8. The Morgan fingerprint density at radius 2 is 2.21 bits per heavy atom. The molecule has 1 unspecified atom stereocenters. The number of rotatable bonds is 3. The van der Waals surface area contributed by atoms with E-state index in [1.54, 1.807) is 6.07 Å². The van der Waals surface area contributed by atoms with E-state index >= 15 is 0 Å². The number of anilines is 1. The lowest BCUT2D eigenvalue weighted by molar-refractivity contribution is 0.112. The summed E-state index contributed by atoms with van der Waals surface area (Å²) in [6, 6.07) is 6.14. The zero-order valence-electron chi connectivity index (χ0n) is 11.6. The van der Waals surface area contributed by atoms with Gasteiger partial charge in [0.1, 0.15) is 0 Å². The van der Waals surface area contributed by atoms with Crippen LogP contribution in [0.2, 0.25) is 5.02 Å². The van der Waals surface area contributed by atoms with Crippen LogP contribution in [0.5, 0.6) is 0 Å². The van der Waals surface area contributed by atoms with Gasteiger partial charge in [0.25, 0.3) is 0 Å². The predicted molar refractivity (Wildman–Crippen MR) is 80.4 cm³/mol. The highest BCUT2D eigenvalue weighted by atomic mass is 35.5. The largest absolute Gasteiger partial charge is 0.367 e. The van der Waals surface area contributed by atoms with Crippen LogP contribution in [0, 0.1) is 0 Å². The van der Waals surface area contributed by atoms with Gasteiger partial charge in [0.15, 0.2) is 6.29 Å². The van der Waals surface area contributed by atoms with Crippen LogP contribution in [-0.2, 0) is 0 Å². The van der Waals surface area contributed by atoms with Gasteiger partial charge >= 0.3 is 0 Å². The van der Waals surface area contributed by atoms with E-state index in [-0.39, 0.29) is 0 Å². The van der Waals surface area contributed by atoms with Gasteiger partial charge in [-0.15, -0.1) is 0 Å². The molecule has 0 bridgehead atoms. The second-order valence-electron chi connectivity index (χ2n) is 5.16.